The number of anilines is 1. The molecule has 0 fully saturated rings. The minimum absolute atomic E-state index is 0.0690. The predicted octanol–water partition coefficient (Wildman–Crippen LogP) is 3.75. The van der Waals surface area contributed by atoms with Gasteiger partial charge >= 0.3 is 0 Å². The molecule has 1 aliphatic rings. The van der Waals surface area contributed by atoms with Crippen molar-refractivity contribution in [3.8, 4) is 0 Å². The maximum absolute atomic E-state index is 13.3. The minimum Gasteiger partial charge on any atom is -0.378 e. The fraction of sp³-hybridized carbons (Fsp3) is 0.250. The summed E-state index contributed by atoms with van der Waals surface area (Å²) in [5.41, 5.74) is 2.48. The average molecular weight is 292 g/mol. The van der Waals surface area contributed by atoms with Crippen molar-refractivity contribution in [3.63, 3.8) is 0 Å². The van der Waals surface area contributed by atoms with Gasteiger partial charge in [0.2, 0.25) is 0 Å². The van der Waals surface area contributed by atoms with Crippen LogP contribution in [-0.4, -0.2) is 6.54 Å². The molecular formula is C16H15F3N2. The summed E-state index contributed by atoms with van der Waals surface area (Å²) in [5.74, 6) is -3.81. The van der Waals surface area contributed by atoms with E-state index in [1.807, 2.05) is 24.3 Å². The van der Waals surface area contributed by atoms with E-state index in [0.29, 0.717) is 0 Å². The van der Waals surface area contributed by atoms with Gasteiger partial charge in [0.05, 0.1) is 6.04 Å². The Labute approximate surface area is 121 Å². The molecule has 0 bridgehead atoms. The number of hydrogen-bond acceptors (Lipinski definition) is 2. The molecule has 1 unspecified atom stereocenters. The molecule has 3 rings (SSSR count). The maximum Gasteiger partial charge on any atom is 0.194 e. The summed E-state index contributed by atoms with van der Waals surface area (Å²) in [7, 11) is 0. The van der Waals surface area contributed by atoms with E-state index < -0.39 is 17.5 Å². The standard InChI is InChI=1S/C16H15F3N2/c17-13-7-11(8-14(18)16(13)19)21-15-5-6-20-9-10-3-1-2-4-12(10)15/h1-4,7-8,15,20-21H,5-6,9H2. The first kappa shape index (κ1) is 13.9. The molecule has 21 heavy (non-hydrogen) atoms. The Morgan fingerprint density at radius 2 is 1.76 bits per heavy atom. The Morgan fingerprint density at radius 1 is 1.05 bits per heavy atom. The molecule has 2 aromatic carbocycles. The summed E-state index contributed by atoms with van der Waals surface area (Å²) in [6.07, 6.45) is 0.775. The first-order chi connectivity index (χ1) is 10.1. The highest BCUT2D eigenvalue weighted by atomic mass is 19.2. The summed E-state index contributed by atoms with van der Waals surface area (Å²) in [5, 5.41) is 6.40. The van der Waals surface area contributed by atoms with Gasteiger partial charge < -0.3 is 10.6 Å². The third-order valence-corrected chi connectivity index (χ3v) is 3.68. The molecule has 0 saturated carbocycles. The summed E-state index contributed by atoms with van der Waals surface area (Å²) in [6, 6.07) is 9.81. The van der Waals surface area contributed by atoms with Crippen LogP contribution < -0.4 is 10.6 Å². The van der Waals surface area contributed by atoms with Crippen molar-refractivity contribution in [1.82, 2.24) is 5.32 Å². The van der Waals surface area contributed by atoms with Crippen molar-refractivity contribution in [3.05, 3.63) is 65.0 Å². The number of fused-ring (bicyclic) bond motifs is 1. The molecule has 0 amide bonds. The highest BCUT2D eigenvalue weighted by molar-refractivity contribution is 5.47. The Morgan fingerprint density at radius 3 is 2.52 bits per heavy atom. The first-order valence-corrected chi connectivity index (χ1v) is 6.85. The van der Waals surface area contributed by atoms with E-state index in [4.69, 9.17) is 0 Å². The highest BCUT2D eigenvalue weighted by Gasteiger charge is 2.19. The lowest BCUT2D eigenvalue weighted by Crippen LogP contribution is -2.15. The van der Waals surface area contributed by atoms with Crippen LogP contribution in [0.2, 0.25) is 0 Å². The molecule has 2 aromatic rings. The lowest BCUT2D eigenvalue weighted by Gasteiger charge is -2.20. The molecule has 5 heteroatoms. The molecule has 0 saturated heterocycles. The Bertz CT molecular complexity index is 635. The molecule has 0 radical (unpaired) electrons. The van der Waals surface area contributed by atoms with Crippen LogP contribution in [0.5, 0.6) is 0 Å². The van der Waals surface area contributed by atoms with Crippen molar-refractivity contribution in [2.45, 2.75) is 19.0 Å². The van der Waals surface area contributed by atoms with Gasteiger partial charge in [0.15, 0.2) is 17.5 Å². The van der Waals surface area contributed by atoms with E-state index in [-0.39, 0.29) is 11.7 Å². The first-order valence-electron chi connectivity index (χ1n) is 6.85. The molecule has 2 nitrogen and oxygen atoms in total. The van der Waals surface area contributed by atoms with Crippen LogP contribution in [-0.2, 0) is 6.54 Å². The Kier molecular flexibility index (Phi) is 3.84. The Hall–Kier alpha value is -2.01. The number of nitrogens with one attached hydrogen (secondary N) is 2. The number of benzene rings is 2. The molecule has 0 aromatic heterocycles. The van der Waals surface area contributed by atoms with Crippen molar-refractivity contribution >= 4 is 5.69 Å². The van der Waals surface area contributed by atoms with Crippen LogP contribution >= 0.6 is 0 Å². The monoisotopic (exact) mass is 292 g/mol. The smallest absolute Gasteiger partial charge is 0.194 e. The largest absolute Gasteiger partial charge is 0.378 e. The molecule has 1 heterocycles. The van der Waals surface area contributed by atoms with Crippen LogP contribution in [0.4, 0.5) is 18.9 Å². The zero-order valence-electron chi connectivity index (χ0n) is 11.3. The van der Waals surface area contributed by atoms with Gasteiger partial charge in [-0.25, -0.2) is 13.2 Å². The van der Waals surface area contributed by atoms with Gasteiger partial charge in [0, 0.05) is 24.4 Å². The normalized spacial score (nSPS) is 18.0. The maximum atomic E-state index is 13.3. The van der Waals surface area contributed by atoms with Gasteiger partial charge in [-0.05, 0) is 24.1 Å². The van der Waals surface area contributed by atoms with E-state index in [9.17, 15) is 13.2 Å². The van der Waals surface area contributed by atoms with Crippen LogP contribution in [0.15, 0.2) is 36.4 Å². The van der Waals surface area contributed by atoms with E-state index in [1.54, 1.807) is 0 Å². The molecule has 2 N–H and O–H groups in total. The molecule has 0 aliphatic carbocycles. The van der Waals surface area contributed by atoms with Gasteiger partial charge in [-0.1, -0.05) is 24.3 Å². The lowest BCUT2D eigenvalue weighted by molar-refractivity contribution is 0.447. The second-order valence-corrected chi connectivity index (χ2v) is 5.12. The van der Waals surface area contributed by atoms with Crippen LogP contribution in [0, 0.1) is 17.5 Å². The van der Waals surface area contributed by atoms with Crippen molar-refractivity contribution in [1.29, 1.82) is 0 Å². The number of hydrogen-bond donors (Lipinski definition) is 2. The van der Waals surface area contributed by atoms with Crippen LogP contribution in [0.3, 0.4) is 0 Å². The fourth-order valence-corrected chi connectivity index (χ4v) is 2.65. The summed E-state index contributed by atoms with van der Waals surface area (Å²) in [4.78, 5) is 0. The Balaban J connectivity index is 1.91. The van der Waals surface area contributed by atoms with Gasteiger partial charge in [0.1, 0.15) is 0 Å². The third-order valence-electron chi connectivity index (χ3n) is 3.68. The topological polar surface area (TPSA) is 24.1 Å². The highest BCUT2D eigenvalue weighted by Crippen LogP contribution is 2.28. The van der Waals surface area contributed by atoms with Crippen molar-refractivity contribution < 1.29 is 13.2 Å². The van der Waals surface area contributed by atoms with Crippen molar-refractivity contribution in [2.24, 2.45) is 0 Å². The van der Waals surface area contributed by atoms with Crippen LogP contribution in [0.25, 0.3) is 0 Å². The summed E-state index contributed by atoms with van der Waals surface area (Å²) < 4.78 is 39.6. The second kappa shape index (κ2) is 5.77. The van der Waals surface area contributed by atoms with Gasteiger partial charge in [-0.3, -0.25) is 0 Å². The van der Waals surface area contributed by atoms with Crippen LogP contribution in [0.1, 0.15) is 23.6 Å². The molecule has 1 aliphatic heterocycles. The number of rotatable bonds is 2. The average Bonchev–Trinajstić information content (AvgIpc) is 2.67. The van der Waals surface area contributed by atoms with E-state index in [1.165, 1.54) is 0 Å². The molecular weight excluding hydrogens is 277 g/mol. The second-order valence-electron chi connectivity index (χ2n) is 5.12. The number of halogens is 3. The van der Waals surface area contributed by atoms with Gasteiger partial charge in [-0.2, -0.15) is 0 Å². The van der Waals surface area contributed by atoms with Crippen molar-refractivity contribution in [2.75, 3.05) is 11.9 Å². The third kappa shape index (κ3) is 2.88. The van der Waals surface area contributed by atoms with E-state index >= 15 is 0 Å². The zero-order chi connectivity index (χ0) is 14.8. The van der Waals surface area contributed by atoms with Gasteiger partial charge in [-0.15, -0.1) is 0 Å². The zero-order valence-corrected chi connectivity index (χ0v) is 11.3. The van der Waals surface area contributed by atoms with Gasteiger partial charge in [0.25, 0.3) is 0 Å². The quantitative estimate of drug-likeness (QED) is 0.824. The molecule has 110 valence electrons. The minimum atomic E-state index is -1.44. The fourth-order valence-electron chi connectivity index (χ4n) is 2.65. The molecule has 1 atom stereocenters. The molecule has 0 spiro atoms. The lowest BCUT2D eigenvalue weighted by atomic mass is 9.99. The summed E-state index contributed by atoms with van der Waals surface area (Å²) in [6.45, 7) is 1.55. The summed E-state index contributed by atoms with van der Waals surface area (Å²) >= 11 is 0. The van der Waals surface area contributed by atoms with E-state index in [0.717, 1.165) is 42.8 Å². The van der Waals surface area contributed by atoms with E-state index in [2.05, 4.69) is 10.6 Å². The predicted molar refractivity (Wildman–Crippen MR) is 75.4 cm³/mol. The SMILES string of the molecule is Fc1cc(NC2CCNCc3ccccc32)cc(F)c1F.